The minimum atomic E-state index is 0.000711. The molecule has 22 heavy (non-hydrogen) atoms. The molecule has 1 amide bonds. The fraction of sp³-hybridized carbons (Fsp3) is 0.235. The molecule has 1 aromatic carbocycles. The van der Waals surface area contributed by atoms with Gasteiger partial charge in [-0.2, -0.15) is 0 Å². The molecule has 2 aromatic heterocycles. The quantitative estimate of drug-likeness (QED) is 0.711. The average Bonchev–Trinajstić information content (AvgIpc) is 2.96. The highest BCUT2D eigenvalue weighted by atomic mass is 16.1. The van der Waals surface area contributed by atoms with Crippen LogP contribution in [0.2, 0.25) is 0 Å². The summed E-state index contributed by atoms with van der Waals surface area (Å²) >= 11 is 0. The maximum atomic E-state index is 10.8. The van der Waals surface area contributed by atoms with Gasteiger partial charge in [-0.1, -0.05) is 18.2 Å². The molecule has 3 aromatic rings. The molecule has 0 spiro atoms. The van der Waals surface area contributed by atoms with Gasteiger partial charge in [0.1, 0.15) is 0 Å². The highest BCUT2D eigenvalue weighted by molar-refractivity contribution is 5.94. The zero-order chi connectivity index (χ0) is 15.4. The summed E-state index contributed by atoms with van der Waals surface area (Å²) < 4.78 is 0. The van der Waals surface area contributed by atoms with Crippen LogP contribution in [-0.2, 0) is 11.2 Å². The van der Waals surface area contributed by atoms with Crippen molar-refractivity contribution in [2.75, 3.05) is 6.54 Å². The summed E-state index contributed by atoms with van der Waals surface area (Å²) in [5, 5.41) is 3.93. The fourth-order valence-electron chi connectivity index (χ4n) is 2.44. The van der Waals surface area contributed by atoms with E-state index in [0.29, 0.717) is 6.54 Å². The first-order valence-corrected chi connectivity index (χ1v) is 7.36. The van der Waals surface area contributed by atoms with Crippen molar-refractivity contribution in [3.63, 3.8) is 0 Å². The smallest absolute Gasteiger partial charge is 0.216 e. The molecule has 0 saturated carbocycles. The molecule has 5 heteroatoms. The molecule has 112 valence electrons. The van der Waals surface area contributed by atoms with Crippen molar-refractivity contribution in [3.05, 3.63) is 48.5 Å². The molecule has 0 saturated heterocycles. The second-order valence-electron chi connectivity index (χ2n) is 5.23. The van der Waals surface area contributed by atoms with Crippen LogP contribution in [-0.4, -0.2) is 27.4 Å². The van der Waals surface area contributed by atoms with Gasteiger partial charge in [0, 0.05) is 42.3 Å². The summed E-state index contributed by atoms with van der Waals surface area (Å²) in [6.45, 7) is 2.19. The van der Waals surface area contributed by atoms with Gasteiger partial charge in [-0.15, -0.1) is 0 Å². The van der Waals surface area contributed by atoms with Crippen LogP contribution in [0.5, 0.6) is 0 Å². The lowest BCUT2D eigenvalue weighted by Crippen LogP contribution is -2.21. The zero-order valence-corrected chi connectivity index (χ0v) is 12.5. The molecule has 0 fully saturated rings. The average molecular weight is 294 g/mol. The van der Waals surface area contributed by atoms with Gasteiger partial charge in [-0.3, -0.25) is 14.8 Å². The van der Waals surface area contributed by atoms with E-state index < -0.39 is 0 Å². The fourth-order valence-corrected chi connectivity index (χ4v) is 2.44. The van der Waals surface area contributed by atoms with E-state index in [1.165, 1.54) is 6.92 Å². The third kappa shape index (κ3) is 3.14. The number of aromatic amines is 1. The van der Waals surface area contributed by atoms with Gasteiger partial charge in [0.15, 0.2) is 0 Å². The van der Waals surface area contributed by atoms with Gasteiger partial charge in [0.2, 0.25) is 5.91 Å². The number of nitrogens with one attached hydrogen (secondary N) is 2. The molecule has 2 heterocycles. The van der Waals surface area contributed by atoms with E-state index in [2.05, 4.69) is 26.3 Å². The van der Waals surface area contributed by atoms with E-state index >= 15 is 0 Å². The highest BCUT2D eigenvalue weighted by Crippen LogP contribution is 2.26. The highest BCUT2D eigenvalue weighted by Gasteiger charge is 2.07. The lowest BCUT2D eigenvalue weighted by molar-refractivity contribution is -0.118. The van der Waals surface area contributed by atoms with Gasteiger partial charge in [0.25, 0.3) is 0 Å². The molecule has 2 N–H and O–H groups in total. The number of amides is 1. The lowest BCUT2D eigenvalue weighted by atomic mass is 10.1. The van der Waals surface area contributed by atoms with Crippen LogP contribution in [0.1, 0.15) is 19.0 Å². The summed E-state index contributed by atoms with van der Waals surface area (Å²) in [6, 6.07) is 8.14. The largest absolute Gasteiger partial charge is 0.360 e. The van der Waals surface area contributed by atoms with Crippen LogP contribution in [0.3, 0.4) is 0 Å². The molecule has 5 nitrogen and oxygen atoms in total. The molecule has 0 atom stereocenters. The summed E-state index contributed by atoms with van der Waals surface area (Å²) in [5.41, 5.74) is 3.96. The Morgan fingerprint density at radius 1 is 1.23 bits per heavy atom. The minimum Gasteiger partial charge on any atom is -0.360 e. The Balaban J connectivity index is 1.70. The third-order valence-electron chi connectivity index (χ3n) is 3.55. The van der Waals surface area contributed by atoms with Crippen LogP contribution < -0.4 is 5.32 Å². The normalized spacial score (nSPS) is 10.8. The first-order chi connectivity index (χ1) is 10.7. The Morgan fingerprint density at radius 3 is 2.86 bits per heavy atom. The number of hydrogen-bond donors (Lipinski definition) is 2. The van der Waals surface area contributed by atoms with Crippen LogP contribution in [0.4, 0.5) is 0 Å². The standard InChI is InChI=1S/C17H18N4O/c1-12(22)18-8-4-5-13-9-20-17(11-19-13)15-10-21-16-7-3-2-6-14(15)16/h2-3,6-7,9-11,21H,4-5,8H2,1H3,(H,18,22). The second-order valence-corrected chi connectivity index (χ2v) is 5.23. The Kier molecular flexibility index (Phi) is 4.14. The van der Waals surface area contributed by atoms with Gasteiger partial charge in [-0.05, 0) is 18.9 Å². The first kappa shape index (κ1) is 14.3. The Hall–Kier alpha value is -2.69. The molecule has 3 rings (SSSR count). The monoisotopic (exact) mass is 294 g/mol. The number of para-hydroxylation sites is 1. The van der Waals surface area contributed by atoms with Crippen molar-refractivity contribution in [1.29, 1.82) is 0 Å². The molecule has 0 aliphatic carbocycles. The number of nitrogens with zero attached hydrogens (tertiary/aromatic N) is 2. The molecule has 0 aliphatic rings. The van der Waals surface area contributed by atoms with Gasteiger partial charge >= 0.3 is 0 Å². The van der Waals surface area contributed by atoms with Gasteiger partial charge in [0.05, 0.1) is 17.6 Å². The summed E-state index contributed by atoms with van der Waals surface area (Å²) in [5.74, 6) is 0.000711. The third-order valence-corrected chi connectivity index (χ3v) is 3.55. The molecule has 0 bridgehead atoms. The number of fused-ring (bicyclic) bond motifs is 1. The minimum absolute atomic E-state index is 0.000711. The van der Waals surface area contributed by atoms with Gasteiger partial charge < -0.3 is 10.3 Å². The van der Waals surface area contributed by atoms with Gasteiger partial charge in [-0.25, -0.2) is 0 Å². The number of carbonyl (C=O) groups is 1. The maximum Gasteiger partial charge on any atom is 0.216 e. The number of H-pyrrole nitrogens is 1. The van der Waals surface area contributed by atoms with Crippen LogP contribution >= 0.6 is 0 Å². The maximum absolute atomic E-state index is 10.8. The number of hydrogen-bond acceptors (Lipinski definition) is 3. The summed E-state index contributed by atoms with van der Waals surface area (Å²) in [7, 11) is 0. The number of aromatic nitrogens is 3. The molecule has 0 unspecified atom stereocenters. The Morgan fingerprint density at radius 2 is 2.09 bits per heavy atom. The van der Waals surface area contributed by atoms with Crippen molar-refractivity contribution in [2.24, 2.45) is 0 Å². The number of aryl methyl sites for hydroxylation is 1. The predicted octanol–water partition coefficient (Wildman–Crippen LogP) is 2.69. The lowest BCUT2D eigenvalue weighted by Gasteiger charge is -2.03. The summed E-state index contributed by atoms with van der Waals surface area (Å²) in [6.07, 6.45) is 7.25. The Labute approximate surface area is 128 Å². The molecular formula is C17H18N4O. The van der Waals surface area contributed by atoms with E-state index in [0.717, 1.165) is 40.7 Å². The van der Waals surface area contributed by atoms with Crippen molar-refractivity contribution in [2.45, 2.75) is 19.8 Å². The molecule has 0 radical (unpaired) electrons. The van der Waals surface area contributed by atoms with Crippen molar-refractivity contribution in [3.8, 4) is 11.3 Å². The van der Waals surface area contributed by atoms with E-state index in [-0.39, 0.29) is 5.91 Å². The van der Waals surface area contributed by atoms with Crippen molar-refractivity contribution >= 4 is 16.8 Å². The topological polar surface area (TPSA) is 70.7 Å². The van der Waals surface area contributed by atoms with E-state index in [1.54, 1.807) is 0 Å². The first-order valence-electron chi connectivity index (χ1n) is 7.36. The number of carbonyl (C=O) groups excluding carboxylic acids is 1. The van der Waals surface area contributed by atoms with Crippen LogP contribution in [0, 0.1) is 0 Å². The molecule has 0 aliphatic heterocycles. The predicted molar refractivity (Wildman–Crippen MR) is 86.3 cm³/mol. The Bertz CT molecular complexity index is 777. The number of rotatable bonds is 5. The SMILES string of the molecule is CC(=O)NCCCc1cnc(-c2c[nH]c3ccccc23)cn1. The van der Waals surface area contributed by atoms with E-state index in [4.69, 9.17) is 0 Å². The van der Waals surface area contributed by atoms with Crippen LogP contribution in [0.25, 0.3) is 22.2 Å². The van der Waals surface area contributed by atoms with Crippen molar-refractivity contribution < 1.29 is 4.79 Å². The van der Waals surface area contributed by atoms with Crippen molar-refractivity contribution in [1.82, 2.24) is 20.3 Å². The zero-order valence-electron chi connectivity index (χ0n) is 12.5. The van der Waals surface area contributed by atoms with E-state index in [1.807, 2.05) is 36.8 Å². The van der Waals surface area contributed by atoms with E-state index in [9.17, 15) is 4.79 Å². The molecular weight excluding hydrogens is 276 g/mol. The second kappa shape index (κ2) is 6.39. The summed E-state index contributed by atoms with van der Waals surface area (Å²) in [4.78, 5) is 23.0. The van der Waals surface area contributed by atoms with Crippen LogP contribution in [0.15, 0.2) is 42.9 Å². The number of benzene rings is 1.